The van der Waals surface area contributed by atoms with Gasteiger partial charge in [-0.3, -0.25) is 23.5 Å². The van der Waals surface area contributed by atoms with Crippen molar-refractivity contribution in [2.75, 3.05) is 40.9 Å². The molecule has 0 aliphatic carbocycles. The minimum absolute atomic E-state index is 0.00151. The number of hydrogen-bond acceptors (Lipinski definition) is 23. The zero-order valence-corrected chi connectivity index (χ0v) is 75.3. The summed E-state index contributed by atoms with van der Waals surface area (Å²) in [7, 11) is 8.36. The second kappa shape index (κ2) is 43.5. The lowest BCUT2D eigenvalue weighted by Gasteiger charge is -2.19. The van der Waals surface area contributed by atoms with Gasteiger partial charge in [-0.05, 0) is 149 Å². The van der Waals surface area contributed by atoms with E-state index in [1.54, 1.807) is 67.7 Å². The molecule has 0 bridgehead atoms. The molecule has 4 aromatic carbocycles. The quantitative estimate of drug-likeness (QED) is 0.0178. The summed E-state index contributed by atoms with van der Waals surface area (Å²) in [5.41, 5.74) is 18.3. The van der Waals surface area contributed by atoms with E-state index < -0.39 is 32.1 Å². The van der Waals surface area contributed by atoms with Crippen molar-refractivity contribution in [1.82, 2.24) is 39.1 Å². The molecule has 8 rings (SSSR count). The van der Waals surface area contributed by atoms with E-state index >= 15 is 0 Å². The van der Waals surface area contributed by atoms with E-state index in [4.69, 9.17) is 47.4 Å². The molecule has 0 radical (unpaired) electrons. The van der Waals surface area contributed by atoms with Gasteiger partial charge in [-0.25, -0.2) is 14.4 Å². The molecule has 0 N–H and O–H groups in total. The molecule has 4 heterocycles. The number of carbonyl (C=O) groups excluding carboxylic acids is 4. The second-order valence-corrected chi connectivity index (χ2v) is 32.6. The van der Waals surface area contributed by atoms with Gasteiger partial charge in [0.05, 0.1) is 42.6 Å². The van der Waals surface area contributed by atoms with E-state index in [1.807, 2.05) is 159 Å². The van der Waals surface area contributed by atoms with Gasteiger partial charge < -0.3 is 52.1 Å². The van der Waals surface area contributed by atoms with Gasteiger partial charge in [0.25, 0.3) is 0 Å². The fourth-order valence-electron chi connectivity index (χ4n) is 12.2. The molecule has 120 heavy (non-hydrogen) atoms. The third kappa shape index (κ3) is 26.6. The first kappa shape index (κ1) is 97.7. The van der Waals surface area contributed by atoms with Crippen LogP contribution in [0.2, 0.25) is 0 Å². The molecular weight excluding hydrogens is 1530 g/mol. The summed E-state index contributed by atoms with van der Waals surface area (Å²) < 4.78 is 64.1. The van der Waals surface area contributed by atoms with Crippen LogP contribution in [0.25, 0.3) is 45.3 Å². The second-order valence-electron chi connectivity index (χ2n) is 32.6. The first-order valence-electron chi connectivity index (χ1n) is 39.3. The minimum Gasteiger partial charge on any atom is -0.454 e. The van der Waals surface area contributed by atoms with Gasteiger partial charge in [0, 0.05) is 56.9 Å². The first-order valence-corrected chi connectivity index (χ1v) is 39.3. The number of esters is 1. The van der Waals surface area contributed by atoms with Crippen LogP contribution in [-0.4, -0.2) is 111 Å². The molecule has 0 spiro atoms. The predicted molar refractivity (Wildman–Crippen MR) is 460 cm³/mol. The third-order valence-corrected chi connectivity index (χ3v) is 19.2. The van der Waals surface area contributed by atoms with Gasteiger partial charge in [-0.2, -0.15) is 41.4 Å². The van der Waals surface area contributed by atoms with Crippen LogP contribution in [0.15, 0.2) is 97.1 Å². The Hall–Kier alpha value is -12.9. The van der Waals surface area contributed by atoms with Crippen molar-refractivity contribution in [3.63, 3.8) is 0 Å². The Morgan fingerprint density at radius 2 is 0.592 bits per heavy atom. The number of aryl methyl sites for hydroxylation is 8. The topological polar surface area (TPSA) is 336 Å². The van der Waals surface area contributed by atoms with Crippen LogP contribution in [-0.2, 0) is 107 Å². The Balaban J connectivity index is 0.000000285. The summed E-state index contributed by atoms with van der Waals surface area (Å²) in [6.45, 7) is 46.6. The lowest BCUT2D eigenvalue weighted by molar-refractivity contribution is -0.151. The highest BCUT2D eigenvalue weighted by atomic mass is 16.8. The van der Waals surface area contributed by atoms with Crippen molar-refractivity contribution in [2.45, 2.75) is 207 Å². The third-order valence-electron chi connectivity index (χ3n) is 19.2. The number of aromatic nitrogens is 8. The molecule has 0 unspecified atom stereocenters. The number of nitriles is 4. The monoisotopic (exact) mass is 1640 g/mol. The van der Waals surface area contributed by atoms with E-state index in [1.165, 1.54) is 12.7 Å². The number of nitrogens with zero attached hydrogens (tertiary/aromatic N) is 12. The molecule has 0 aliphatic rings. The molecule has 0 amide bonds. The largest absolute Gasteiger partial charge is 0.511 e. The maximum absolute atomic E-state index is 11.7. The smallest absolute Gasteiger partial charge is 0.454 e. The molecule has 0 fully saturated rings. The van der Waals surface area contributed by atoms with Crippen molar-refractivity contribution < 1.29 is 71.3 Å². The highest BCUT2D eigenvalue weighted by Gasteiger charge is 2.29. The first-order chi connectivity index (χ1) is 56.2. The molecular formula is C93H118N12O15. The van der Waals surface area contributed by atoms with Gasteiger partial charge in [-0.15, -0.1) is 0 Å². The minimum atomic E-state index is -0.865. The fourth-order valence-corrected chi connectivity index (χ4v) is 12.2. The van der Waals surface area contributed by atoms with E-state index in [2.05, 4.69) is 132 Å². The summed E-state index contributed by atoms with van der Waals surface area (Å²) in [6.07, 6.45) is -1.81. The Kier molecular flexibility index (Phi) is 35.4. The molecule has 4 aromatic heterocycles. The lowest BCUT2D eigenvalue weighted by Crippen LogP contribution is -2.15. The van der Waals surface area contributed by atoms with Gasteiger partial charge in [0.1, 0.15) is 69.3 Å². The van der Waals surface area contributed by atoms with Crippen LogP contribution in [0.4, 0.5) is 14.4 Å². The van der Waals surface area contributed by atoms with Gasteiger partial charge in [0.2, 0.25) is 27.2 Å². The Morgan fingerprint density at radius 1 is 0.358 bits per heavy atom. The van der Waals surface area contributed by atoms with E-state index in [0.717, 1.165) is 67.3 Å². The number of benzene rings is 4. The zero-order chi connectivity index (χ0) is 90.1. The molecule has 0 atom stereocenters. The van der Waals surface area contributed by atoms with Crippen molar-refractivity contribution >= 4 is 69.8 Å². The van der Waals surface area contributed by atoms with Crippen LogP contribution >= 0.6 is 0 Å². The molecule has 27 heteroatoms. The molecule has 0 saturated heterocycles. The summed E-state index contributed by atoms with van der Waals surface area (Å²) in [6, 6.07) is 40.3. The van der Waals surface area contributed by atoms with Crippen LogP contribution < -0.4 is 0 Å². The van der Waals surface area contributed by atoms with Crippen molar-refractivity contribution in [1.29, 1.82) is 21.0 Å². The predicted octanol–water partition coefficient (Wildman–Crippen LogP) is 19.7. The number of rotatable bonds is 24. The Morgan fingerprint density at radius 3 is 0.783 bits per heavy atom. The summed E-state index contributed by atoms with van der Waals surface area (Å²) in [5, 5.41) is 57.6. The maximum Gasteiger partial charge on any atom is 0.511 e. The number of methoxy groups -OCH3 is 1. The summed E-state index contributed by atoms with van der Waals surface area (Å²) >= 11 is 0. The van der Waals surface area contributed by atoms with Crippen molar-refractivity contribution in [3.8, 4) is 24.3 Å². The van der Waals surface area contributed by atoms with Crippen molar-refractivity contribution in [2.24, 2.45) is 28.2 Å². The highest BCUT2D eigenvalue weighted by molar-refractivity contribution is 5.97. The summed E-state index contributed by atoms with van der Waals surface area (Å²) in [4.78, 5) is 46.3. The van der Waals surface area contributed by atoms with E-state index in [-0.39, 0.29) is 53.9 Å². The number of carbonyl (C=O) groups is 4. The number of ether oxygens (including phenoxy) is 11. The zero-order valence-electron chi connectivity index (χ0n) is 75.3. The number of allylic oxidation sites excluding steroid dienone is 4. The average molecular weight is 1640 g/mol. The van der Waals surface area contributed by atoms with Gasteiger partial charge in [0.15, 0.2) is 23.0 Å². The Bertz CT molecular complexity index is 5040. The summed E-state index contributed by atoms with van der Waals surface area (Å²) in [5.74, 6) is 0.907. The molecule has 27 nitrogen and oxygen atoms in total. The Labute approximate surface area is 707 Å². The van der Waals surface area contributed by atoms with Crippen LogP contribution in [0.5, 0.6) is 0 Å². The average Bonchev–Trinajstić information content (AvgIpc) is 1.59. The normalized spacial score (nSPS) is 12.2. The van der Waals surface area contributed by atoms with E-state index in [0.29, 0.717) is 97.6 Å². The van der Waals surface area contributed by atoms with Crippen molar-refractivity contribution in [3.05, 3.63) is 209 Å². The van der Waals surface area contributed by atoms with Crippen LogP contribution in [0, 0.1) is 101 Å². The highest BCUT2D eigenvalue weighted by Crippen LogP contribution is 2.38. The molecule has 640 valence electrons. The van der Waals surface area contributed by atoms with E-state index in [9.17, 15) is 40.2 Å². The maximum atomic E-state index is 11.7. The van der Waals surface area contributed by atoms with Crippen LogP contribution in [0.1, 0.15) is 236 Å². The SMILES string of the molecule is CCCC(=O)OCO/C(=C(/C#N)c1ccc(C(C)(C)C)cc1)c1c(C)c(C)nn1C.CCOC(=O)OCO/C(=C(/C#N)c1ccc(C(C)(C)C)cc1)c1c(C)c(C)nn1C.COC(=O)OCO/C(=C(/C#N)c1ccc(C(C)(C)C)cc1)c1c(C)c(C)nn1C.Cc1nn(C)c(/C(OCOC(=O)OC(C)C)=C(\C#N)c2ccc(C(C)(C)C)cc2)c1C. The van der Waals surface area contributed by atoms with Gasteiger partial charge >= 0.3 is 24.4 Å². The molecule has 0 aliphatic heterocycles. The van der Waals surface area contributed by atoms with Crippen LogP contribution in [0.3, 0.4) is 0 Å². The standard InChI is InChI=1S/C24H31N3O4.C24H31N3O3.C23H29N3O4.C22H27N3O4/c1-15(2)31-23(28)30-14-29-22(21-16(3)17(4)26-27(21)8)20(13-25)18-9-11-19(12-10-18)24(5,6)7;1-8-9-21(28)29-15-30-23(22-16(2)17(3)26-27(22)7)20(14-25)18-10-12-19(13-11-18)24(4,5)6;1-8-28-22(27)30-14-29-21(20-15(2)16(3)25-26(20)7)19(13-24)17-9-11-18(12-10-17)23(4,5)6;1-14-15(2)24-25(6)19(14)20(28-13-29-21(26)27-7)18(12-23)16-8-10-17(11-9-16)22(3,4)5/h9-12,15H,14H2,1-8H3;10-13H,8-9,15H2,1-7H3;9-12H,8,14H2,1-7H3;8-11H,13H2,1-7H3/b22-20-;23-20-;21-19-;20-18-. The lowest BCUT2D eigenvalue weighted by atomic mass is 9.86. The molecule has 0 saturated carbocycles. The number of hydrogen-bond donors (Lipinski definition) is 0. The molecule has 8 aromatic rings. The fraction of sp³-hybridized carbons (Fsp3) is 0.441. The van der Waals surface area contributed by atoms with Gasteiger partial charge in [-0.1, -0.05) is 187 Å².